The first-order valence-electron chi connectivity index (χ1n) is 11.8. The van der Waals surface area contributed by atoms with Crippen molar-refractivity contribution in [2.24, 2.45) is 5.92 Å². The molecule has 1 atom stereocenters. The monoisotopic (exact) mass is 448 g/mol. The van der Waals surface area contributed by atoms with Gasteiger partial charge in [-0.3, -0.25) is 9.69 Å². The van der Waals surface area contributed by atoms with Crippen molar-refractivity contribution in [1.82, 2.24) is 10.1 Å². The summed E-state index contributed by atoms with van der Waals surface area (Å²) in [6, 6.07) is 13.5. The molecule has 0 spiro atoms. The van der Waals surface area contributed by atoms with Crippen LogP contribution in [0.25, 0.3) is 21.9 Å². The first-order valence-corrected chi connectivity index (χ1v) is 12.6. The summed E-state index contributed by atoms with van der Waals surface area (Å²) in [5.41, 5.74) is 4.77. The molecule has 3 aliphatic rings. The summed E-state index contributed by atoms with van der Waals surface area (Å²) in [4.78, 5) is 16.0. The average Bonchev–Trinajstić information content (AvgIpc) is 3.50. The number of thiophene rings is 1. The minimum absolute atomic E-state index is 0.209. The van der Waals surface area contributed by atoms with Crippen LogP contribution in [0.1, 0.15) is 66.5 Å². The number of carbonyl (C=O) groups is 1. The molecular weight excluding hydrogens is 420 g/mol. The molecule has 32 heavy (non-hydrogen) atoms. The molecule has 6 rings (SSSR count). The minimum atomic E-state index is -0.674. The molecule has 2 fully saturated rings. The zero-order valence-corrected chi connectivity index (χ0v) is 18.9. The van der Waals surface area contributed by atoms with E-state index in [1.807, 2.05) is 0 Å². The van der Waals surface area contributed by atoms with Crippen LogP contribution in [0, 0.1) is 5.92 Å². The van der Waals surface area contributed by atoms with Gasteiger partial charge >= 0.3 is 5.97 Å². The lowest BCUT2D eigenvalue weighted by molar-refractivity contribution is -0.148. The standard InChI is InChI=1S/C26H28N2O3S/c29-26(30)19-14-28(15-19)22-10-11-24-20(22)12-25(32-24)21-13-23(31-27-21)18-8-6-17(7-9-18)16-4-2-1-3-5-16/h6-9,12-13,16,19,22H,1-5,10-11,14-15H2,(H,29,30). The molecular formula is C26H28N2O3S. The van der Waals surface area contributed by atoms with Crippen molar-refractivity contribution in [3.63, 3.8) is 0 Å². The van der Waals surface area contributed by atoms with E-state index in [0.717, 1.165) is 34.7 Å². The van der Waals surface area contributed by atoms with Crippen LogP contribution in [0.2, 0.25) is 0 Å². The van der Waals surface area contributed by atoms with Crippen molar-refractivity contribution >= 4 is 17.3 Å². The van der Waals surface area contributed by atoms with Crippen LogP contribution in [0.4, 0.5) is 0 Å². The van der Waals surface area contributed by atoms with E-state index in [9.17, 15) is 9.90 Å². The zero-order chi connectivity index (χ0) is 21.7. The number of aryl methyl sites for hydroxylation is 1. The lowest BCUT2D eigenvalue weighted by Gasteiger charge is -2.41. The van der Waals surface area contributed by atoms with Crippen molar-refractivity contribution in [2.45, 2.75) is 56.9 Å². The molecule has 0 radical (unpaired) electrons. The van der Waals surface area contributed by atoms with Gasteiger partial charge in [0.2, 0.25) is 0 Å². The molecule has 1 saturated carbocycles. The molecule has 2 aromatic heterocycles. The fourth-order valence-electron chi connectivity index (χ4n) is 5.66. The zero-order valence-electron chi connectivity index (χ0n) is 18.1. The third kappa shape index (κ3) is 3.59. The quantitative estimate of drug-likeness (QED) is 0.509. The predicted molar refractivity (Wildman–Crippen MR) is 125 cm³/mol. The van der Waals surface area contributed by atoms with Crippen LogP contribution < -0.4 is 0 Å². The van der Waals surface area contributed by atoms with Gasteiger partial charge in [0.15, 0.2) is 5.76 Å². The predicted octanol–water partition coefficient (Wildman–Crippen LogP) is 6.12. The average molecular weight is 449 g/mol. The Morgan fingerprint density at radius 3 is 2.59 bits per heavy atom. The van der Waals surface area contributed by atoms with Crippen molar-refractivity contribution in [3.8, 4) is 21.9 Å². The number of aromatic nitrogens is 1. The number of hydrogen-bond acceptors (Lipinski definition) is 5. The van der Waals surface area contributed by atoms with Crippen molar-refractivity contribution < 1.29 is 14.4 Å². The van der Waals surface area contributed by atoms with Gasteiger partial charge in [0.1, 0.15) is 5.69 Å². The number of fused-ring (bicyclic) bond motifs is 1. The van der Waals surface area contributed by atoms with Crippen LogP contribution in [0.5, 0.6) is 0 Å². The van der Waals surface area contributed by atoms with Crippen LogP contribution in [0.15, 0.2) is 40.9 Å². The van der Waals surface area contributed by atoms with Crippen molar-refractivity contribution in [3.05, 3.63) is 52.4 Å². The van der Waals surface area contributed by atoms with Crippen molar-refractivity contribution in [1.29, 1.82) is 0 Å². The van der Waals surface area contributed by atoms with Gasteiger partial charge in [-0.05, 0) is 48.8 Å². The Balaban J connectivity index is 1.17. The molecule has 1 aromatic carbocycles. The highest BCUT2D eigenvalue weighted by molar-refractivity contribution is 7.15. The molecule has 0 bridgehead atoms. The summed E-state index contributed by atoms with van der Waals surface area (Å²) >= 11 is 1.80. The van der Waals surface area contributed by atoms with E-state index in [0.29, 0.717) is 25.0 Å². The maximum atomic E-state index is 11.2. The number of aliphatic carboxylic acids is 1. The molecule has 1 saturated heterocycles. The van der Waals surface area contributed by atoms with Crippen LogP contribution in [-0.4, -0.2) is 34.2 Å². The Morgan fingerprint density at radius 1 is 1.06 bits per heavy atom. The Bertz CT molecular complexity index is 1120. The summed E-state index contributed by atoms with van der Waals surface area (Å²) in [5, 5.41) is 13.5. The number of carboxylic acid groups (broad SMARTS) is 1. The highest BCUT2D eigenvalue weighted by atomic mass is 32.1. The summed E-state index contributed by atoms with van der Waals surface area (Å²) in [5.74, 6) is 0.640. The van der Waals surface area contributed by atoms with Gasteiger partial charge in [-0.2, -0.15) is 0 Å². The molecule has 2 aliphatic carbocycles. The molecule has 1 unspecified atom stereocenters. The van der Waals surface area contributed by atoms with E-state index in [1.54, 1.807) is 11.3 Å². The number of rotatable bonds is 5. The molecule has 0 amide bonds. The lowest BCUT2D eigenvalue weighted by atomic mass is 9.84. The SMILES string of the molecule is O=C(O)C1CN(C2CCc3sc(-c4cc(-c5ccc(C6CCCCC6)cc5)on4)cc32)C1. The molecule has 3 heterocycles. The highest BCUT2D eigenvalue weighted by Crippen LogP contribution is 2.46. The molecule has 3 aromatic rings. The van der Waals surface area contributed by atoms with Gasteiger partial charge in [0.25, 0.3) is 0 Å². The van der Waals surface area contributed by atoms with Gasteiger partial charge in [0.05, 0.1) is 10.8 Å². The van der Waals surface area contributed by atoms with Gasteiger partial charge < -0.3 is 9.63 Å². The second-order valence-electron chi connectivity index (χ2n) is 9.57. The Morgan fingerprint density at radius 2 is 1.84 bits per heavy atom. The van der Waals surface area contributed by atoms with Crippen molar-refractivity contribution in [2.75, 3.05) is 13.1 Å². The molecule has 166 valence electrons. The topological polar surface area (TPSA) is 66.6 Å². The van der Waals surface area contributed by atoms with Crippen LogP contribution >= 0.6 is 11.3 Å². The molecule has 6 heteroatoms. The first kappa shape index (κ1) is 20.2. The summed E-state index contributed by atoms with van der Waals surface area (Å²) < 4.78 is 5.72. The maximum absolute atomic E-state index is 11.2. The van der Waals surface area contributed by atoms with E-state index in [4.69, 9.17) is 4.52 Å². The second kappa shape index (κ2) is 8.16. The van der Waals surface area contributed by atoms with E-state index < -0.39 is 5.97 Å². The first-order chi connectivity index (χ1) is 15.7. The van der Waals surface area contributed by atoms with E-state index in [1.165, 1.54) is 48.1 Å². The third-order valence-electron chi connectivity index (χ3n) is 7.58. The van der Waals surface area contributed by atoms with Gasteiger partial charge in [-0.25, -0.2) is 0 Å². The minimum Gasteiger partial charge on any atom is -0.481 e. The highest BCUT2D eigenvalue weighted by Gasteiger charge is 2.40. The van der Waals surface area contributed by atoms with Crippen LogP contribution in [0.3, 0.4) is 0 Å². The lowest BCUT2D eigenvalue weighted by Crippen LogP contribution is -2.51. The Hall–Kier alpha value is -2.44. The number of hydrogen-bond donors (Lipinski definition) is 1. The second-order valence-corrected chi connectivity index (χ2v) is 10.7. The van der Waals surface area contributed by atoms with Gasteiger partial charge in [-0.1, -0.05) is 48.7 Å². The Kier molecular flexibility index (Phi) is 5.15. The summed E-state index contributed by atoms with van der Waals surface area (Å²) in [7, 11) is 0. The number of nitrogens with zero attached hydrogens (tertiary/aromatic N) is 2. The van der Waals surface area contributed by atoms with E-state index in [-0.39, 0.29) is 5.92 Å². The maximum Gasteiger partial charge on any atom is 0.309 e. The normalized spacial score (nSPS) is 22.1. The fourth-order valence-corrected chi connectivity index (χ4v) is 6.84. The van der Waals surface area contributed by atoms with E-state index >= 15 is 0 Å². The number of likely N-dealkylation sites (tertiary alicyclic amines) is 1. The molecule has 1 aliphatic heterocycles. The summed E-state index contributed by atoms with van der Waals surface area (Å²) in [6.45, 7) is 1.32. The number of carboxylic acids is 1. The third-order valence-corrected chi connectivity index (χ3v) is 8.81. The Labute approximate surface area is 192 Å². The largest absolute Gasteiger partial charge is 0.481 e. The molecule has 5 nitrogen and oxygen atoms in total. The van der Waals surface area contributed by atoms with E-state index in [2.05, 4.69) is 46.5 Å². The van der Waals surface area contributed by atoms with Crippen LogP contribution in [-0.2, 0) is 11.2 Å². The number of benzene rings is 1. The molecule has 1 N–H and O–H groups in total. The van der Waals surface area contributed by atoms with Gasteiger partial charge in [0, 0.05) is 35.6 Å². The van der Waals surface area contributed by atoms with Gasteiger partial charge in [-0.15, -0.1) is 11.3 Å². The fraction of sp³-hybridized carbons (Fsp3) is 0.462. The smallest absolute Gasteiger partial charge is 0.309 e. The summed E-state index contributed by atoms with van der Waals surface area (Å²) in [6.07, 6.45) is 8.85.